The molecule has 0 saturated heterocycles. The molecule has 1 amide bonds. The molecule has 3 N–H and O–H groups in total. The maximum Gasteiger partial charge on any atom is 0.251 e. The van der Waals surface area contributed by atoms with Crippen LogP contribution >= 0.6 is 0 Å². The van der Waals surface area contributed by atoms with Gasteiger partial charge in [-0.2, -0.15) is 0 Å². The molecule has 6 heteroatoms. The molecule has 1 unspecified atom stereocenters. The highest BCUT2D eigenvalue weighted by Crippen LogP contribution is 2.29. The summed E-state index contributed by atoms with van der Waals surface area (Å²) in [4.78, 5) is 12.8. The van der Waals surface area contributed by atoms with Crippen LogP contribution in [0.2, 0.25) is 0 Å². The Bertz CT molecular complexity index is 692. The molecule has 1 aliphatic carbocycles. The van der Waals surface area contributed by atoms with Crippen molar-refractivity contribution in [2.24, 2.45) is 11.7 Å². The van der Waals surface area contributed by atoms with Crippen LogP contribution in [-0.2, 0) is 9.84 Å². The van der Waals surface area contributed by atoms with E-state index in [0.29, 0.717) is 22.9 Å². The quantitative estimate of drug-likeness (QED) is 0.776. The van der Waals surface area contributed by atoms with Crippen LogP contribution in [-0.4, -0.2) is 31.7 Å². The standard InChI is InChI=1S/C19H30N2O3S/c1-14(2)12-19(3,13-20)21-18(22)15-8-10-17(11-9-15)25(23,24)16-6-4-5-7-16/h8-11,14,16H,4-7,12-13,20H2,1-3H3,(H,21,22). The first-order valence-corrected chi connectivity index (χ1v) is 10.6. The van der Waals surface area contributed by atoms with E-state index in [0.717, 1.165) is 32.1 Å². The first-order valence-electron chi connectivity index (χ1n) is 9.04. The average Bonchev–Trinajstić information content (AvgIpc) is 3.09. The van der Waals surface area contributed by atoms with Gasteiger partial charge in [-0.15, -0.1) is 0 Å². The normalized spacial score (nSPS) is 18.3. The van der Waals surface area contributed by atoms with Gasteiger partial charge in [-0.3, -0.25) is 4.79 Å². The summed E-state index contributed by atoms with van der Waals surface area (Å²) >= 11 is 0. The van der Waals surface area contributed by atoms with Crippen molar-refractivity contribution in [2.75, 3.05) is 6.54 Å². The summed E-state index contributed by atoms with van der Waals surface area (Å²) in [7, 11) is -3.29. The zero-order valence-electron chi connectivity index (χ0n) is 15.4. The lowest BCUT2D eigenvalue weighted by Gasteiger charge is -2.31. The lowest BCUT2D eigenvalue weighted by molar-refractivity contribution is 0.0898. The van der Waals surface area contributed by atoms with E-state index >= 15 is 0 Å². The predicted molar refractivity (Wildman–Crippen MR) is 100 cm³/mol. The van der Waals surface area contributed by atoms with Crippen molar-refractivity contribution in [1.29, 1.82) is 0 Å². The molecule has 1 fully saturated rings. The highest BCUT2D eigenvalue weighted by molar-refractivity contribution is 7.92. The van der Waals surface area contributed by atoms with Gasteiger partial charge in [-0.05, 0) is 56.4 Å². The summed E-state index contributed by atoms with van der Waals surface area (Å²) in [5, 5.41) is 2.71. The Balaban J connectivity index is 2.12. The van der Waals surface area contributed by atoms with Crippen LogP contribution in [0.3, 0.4) is 0 Å². The number of nitrogens with two attached hydrogens (primary N) is 1. The van der Waals surface area contributed by atoms with E-state index in [9.17, 15) is 13.2 Å². The summed E-state index contributed by atoms with van der Waals surface area (Å²) < 4.78 is 25.2. The summed E-state index contributed by atoms with van der Waals surface area (Å²) in [6.45, 7) is 6.46. The lowest BCUT2D eigenvalue weighted by atomic mass is 9.90. The number of rotatable bonds is 7. The highest BCUT2D eigenvalue weighted by Gasteiger charge is 2.30. The van der Waals surface area contributed by atoms with Crippen molar-refractivity contribution < 1.29 is 13.2 Å². The van der Waals surface area contributed by atoms with Gasteiger partial charge in [0, 0.05) is 17.6 Å². The molecule has 1 saturated carbocycles. The molecule has 0 aromatic heterocycles. The smallest absolute Gasteiger partial charge is 0.251 e. The molecule has 1 atom stereocenters. The van der Waals surface area contributed by atoms with Gasteiger partial charge in [0.1, 0.15) is 0 Å². The number of carbonyl (C=O) groups is 1. The van der Waals surface area contributed by atoms with Crippen molar-refractivity contribution in [3.05, 3.63) is 29.8 Å². The van der Waals surface area contributed by atoms with Gasteiger partial charge in [0.15, 0.2) is 9.84 Å². The largest absolute Gasteiger partial charge is 0.346 e. The molecule has 2 rings (SSSR count). The number of carbonyl (C=O) groups excluding carboxylic acids is 1. The summed E-state index contributed by atoms with van der Waals surface area (Å²) in [5.41, 5.74) is 5.82. The van der Waals surface area contributed by atoms with Crippen LogP contribution in [0.5, 0.6) is 0 Å². The lowest BCUT2D eigenvalue weighted by Crippen LogP contribution is -2.52. The van der Waals surface area contributed by atoms with E-state index < -0.39 is 15.4 Å². The minimum absolute atomic E-state index is 0.224. The third kappa shape index (κ3) is 4.82. The fraction of sp³-hybridized carbons (Fsp3) is 0.632. The molecule has 0 radical (unpaired) electrons. The molecule has 1 aromatic carbocycles. The van der Waals surface area contributed by atoms with E-state index in [1.807, 2.05) is 6.92 Å². The first-order chi connectivity index (χ1) is 11.7. The second-order valence-electron chi connectivity index (χ2n) is 7.79. The second kappa shape index (κ2) is 7.87. The SMILES string of the molecule is CC(C)CC(C)(CN)NC(=O)c1ccc(S(=O)(=O)C2CCCC2)cc1. The fourth-order valence-electron chi connectivity index (χ4n) is 3.62. The monoisotopic (exact) mass is 366 g/mol. The Morgan fingerprint density at radius 2 is 1.80 bits per heavy atom. The van der Waals surface area contributed by atoms with Gasteiger partial charge in [-0.25, -0.2) is 8.42 Å². The molecular weight excluding hydrogens is 336 g/mol. The van der Waals surface area contributed by atoms with Crippen LogP contribution in [0.15, 0.2) is 29.2 Å². The number of hydrogen-bond donors (Lipinski definition) is 2. The third-order valence-electron chi connectivity index (χ3n) is 4.91. The number of benzene rings is 1. The Morgan fingerprint density at radius 1 is 1.24 bits per heavy atom. The van der Waals surface area contributed by atoms with Gasteiger partial charge in [-0.1, -0.05) is 26.7 Å². The molecule has 0 bridgehead atoms. The number of sulfone groups is 1. The second-order valence-corrected chi connectivity index (χ2v) is 10.0. The van der Waals surface area contributed by atoms with Crippen LogP contribution in [0.1, 0.15) is 63.2 Å². The minimum atomic E-state index is -3.29. The summed E-state index contributed by atoms with van der Waals surface area (Å²) in [6, 6.07) is 6.27. The zero-order valence-corrected chi connectivity index (χ0v) is 16.2. The number of hydrogen-bond acceptors (Lipinski definition) is 4. The Kier molecular flexibility index (Phi) is 6.27. The summed E-state index contributed by atoms with van der Waals surface area (Å²) in [5.74, 6) is 0.186. The van der Waals surface area contributed by atoms with Crippen molar-refractivity contribution >= 4 is 15.7 Å². The molecular formula is C19H30N2O3S. The molecule has 1 aliphatic rings. The molecule has 0 spiro atoms. The van der Waals surface area contributed by atoms with E-state index in [4.69, 9.17) is 5.73 Å². The van der Waals surface area contributed by atoms with Gasteiger partial charge < -0.3 is 11.1 Å². The maximum atomic E-state index is 12.6. The molecule has 25 heavy (non-hydrogen) atoms. The van der Waals surface area contributed by atoms with E-state index in [1.165, 1.54) is 0 Å². The average molecular weight is 367 g/mol. The molecule has 140 valence electrons. The van der Waals surface area contributed by atoms with Crippen LogP contribution in [0.25, 0.3) is 0 Å². The van der Waals surface area contributed by atoms with E-state index in [2.05, 4.69) is 19.2 Å². The first kappa shape index (κ1) is 19.9. The van der Waals surface area contributed by atoms with Crippen molar-refractivity contribution in [3.63, 3.8) is 0 Å². The van der Waals surface area contributed by atoms with E-state index in [1.54, 1.807) is 24.3 Å². The van der Waals surface area contributed by atoms with Crippen molar-refractivity contribution in [1.82, 2.24) is 5.32 Å². The van der Waals surface area contributed by atoms with Crippen LogP contribution in [0, 0.1) is 5.92 Å². The van der Waals surface area contributed by atoms with Crippen molar-refractivity contribution in [3.8, 4) is 0 Å². The Hall–Kier alpha value is -1.40. The van der Waals surface area contributed by atoms with Crippen molar-refractivity contribution in [2.45, 2.75) is 68.6 Å². The third-order valence-corrected chi connectivity index (χ3v) is 7.19. The van der Waals surface area contributed by atoms with Gasteiger partial charge in [0.2, 0.25) is 0 Å². The summed E-state index contributed by atoms with van der Waals surface area (Å²) in [6.07, 6.45) is 4.18. The van der Waals surface area contributed by atoms with E-state index in [-0.39, 0.29) is 11.2 Å². The van der Waals surface area contributed by atoms with Crippen LogP contribution < -0.4 is 11.1 Å². The maximum absolute atomic E-state index is 12.6. The molecule has 5 nitrogen and oxygen atoms in total. The molecule has 0 aliphatic heterocycles. The topological polar surface area (TPSA) is 89.3 Å². The fourth-order valence-corrected chi connectivity index (χ4v) is 5.47. The predicted octanol–water partition coefficient (Wildman–Crippen LogP) is 2.90. The number of amides is 1. The highest BCUT2D eigenvalue weighted by atomic mass is 32.2. The zero-order chi connectivity index (χ0) is 18.7. The Labute approximate surface area is 151 Å². The van der Waals surface area contributed by atoms with Gasteiger partial charge in [0.25, 0.3) is 5.91 Å². The van der Waals surface area contributed by atoms with Gasteiger partial charge in [0.05, 0.1) is 10.1 Å². The minimum Gasteiger partial charge on any atom is -0.346 e. The Morgan fingerprint density at radius 3 is 2.28 bits per heavy atom. The molecule has 1 aromatic rings. The number of nitrogens with one attached hydrogen (secondary N) is 1. The van der Waals surface area contributed by atoms with Crippen LogP contribution in [0.4, 0.5) is 0 Å². The molecule has 0 heterocycles. The van der Waals surface area contributed by atoms with Gasteiger partial charge >= 0.3 is 0 Å².